The van der Waals surface area contributed by atoms with Gasteiger partial charge >= 0.3 is 0 Å². The summed E-state index contributed by atoms with van der Waals surface area (Å²) in [5, 5.41) is 0. The summed E-state index contributed by atoms with van der Waals surface area (Å²) in [4.78, 5) is 0. The molecule has 0 saturated heterocycles. The molecule has 0 aliphatic rings. The third kappa shape index (κ3) is 6.77. The van der Waals surface area contributed by atoms with Crippen molar-refractivity contribution in [3.05, 3.63) is 0 Å². The number of rotatable bonds is 6. The zero-order valence-electron chi connectivity index (χ0n) is 7.15. The van der Waals surface area contributed by atoms with Crippen LogP contribution in [0.15, 0.2) is 0 Å². The second-order valence-electron chi connectivity index (χ2n) is 2.75. The highest BCUT2D eigenvalue weighted by molar-refractivity contribution is 8.05. The molecule has 0 saturated carbocycles. The van der Waals surface area contributed by atoms with Crippen molar-refractivity contribution in [1.82, 2.24) is 0 Å². The van der Waals surface area contributed by atoms with E-state index in [4.69, 9.17) is 11.8 Å². The number of hydrogen-bond acceptors (Lipinski definition) is 1. The fraction of sp³-hybridized carbons (Fsp3) is 1.00. The van der Waals surface area contributed by atoms with Gasteiger partial charge in [-0.2, -0.15) is 0 Å². The quantitative estimate of drug-likeness (QED) is 0.562. The molecule has 0 rings (SSSR count). The molecule has 0 N–H and O–H groups in total. The van der Waals surface area contributed by atoms with E-state index in [0.717, 1.165) is 0 Å². The molecule has 10 heavy (non-hydrogen) atoms. The lowest BCUT2D eigenvalue weighted by atomic mass is 10.4. The highest BCUT2D eigenvalue weighted by Gasteiger charge is 1.92. The Morgan fingerprint density at radius 1 is 1.00 bits per heavy atom. The van der Waals surface area contributed by atoms with Gasteiger partial charge in [0.1, 0.15) is 0 Å². The Balaban J connectivity index is 3.09. The molecule has 0 amide bonds. The van der Waals surface area contributed by atoms with Crippen LogP contribution in [0.4, 0.5) is 0 Å². The van der Waals surface area contributed by atoms with Gasteiger partial charge in [-0.05, 0) is 25.2 Å². The van der Waals surface area contributed by atoms with E-state index in [0.29, 0.717) is 0 Å². The number of hydrogen-bond donors (Lipinski definition) is 0. The molecule has 0 heterocycles. The van der Waals surface area contributed by atoms with Crippen molar-refractivity contribution in [3.63, 3.8) is 0 Å². The molecule has 0 aromatic heterocycles. The average Bonchev–Trinajstić information content (AvgIpc) is 1.97. The van der Waals surface area contributed by atoms with Crippen molar-refractivity contribution < 1.29 is 0 Å². The molecule has 0 radical (unpaired) electrons. The molecule has 0 aliphatic heterocycles. The van der Waals surface area contributed by atoms with Crippen molar-refractivity contribution in [2.45, 2.75) is 39.5 Å². The lowest BCUT2D eigenvalue weighted by molar-refractivity contribution is 0.873. The Morgan fingerprint density at radius 3 is 1.70 bits per heavy atom. The van der Waals surface area contributed by atoms with Gasteiger partial charge in [0, 0.05) is 0 Å². The monoisotopic (exact) mass is 178 g/mol. The van der Waals surface area contributed by atoms with Crippen LogP contribution in [0.5, 0.6) is 0 Å². The first kappa shape index (κ1) is 10.7. The van der Waals surface area contributed by atoms with Crippen LogP contribution in [0.3, 0.4) is 0 Å². The first-order chi connectivity index (χ1) is 4.81. The lowest BCUT2D eigenvalue weighted by Crippen LogP contribution is -1.82. The van der Waals surface area contributed by atoms with Crippen LogP contribution in [0, 0.1) is 0 Å². The van der Waals surface area contributed by atoms with Gasteiger partial charge < -0.3 is 0 Å². The van der Waals surface area contributed by atoms with Gasteiger partial charge in [0.25, 0.3) is 0 Å². The summed E-state index contributed by atoms with van der Waals surface area (Å²) in [7, 11) is 0. The minimum Gasteiger partial charge on any atom is -0.101 e. The predicted molar refractivity (Wildman–Crippen MR) is 55.2 cm³/mol. The van der Waals surface area contributed by atoms with Crippen molar-refractivity contribution in [2.75, 3.05) is 12.3 Å². The summed E-state index contributed by atoms with van der Waals surface area (Å²) in [5.41, 5.74) is 0. The molecule has 0 aromatic carbocycles. The molecule has 0 fully saturated rings. The topological polar surface area (TPSA) is 0 Å². The van der Waals surface area contributed by atoms with E-state index in [-0.39, 0.29) is 6.70 Å². The van der Waals surface area contributed by atoms with E-state index in [1.165, 1.54) is 38.0 Å². The highest BCUT2D eigenvalue weighted by Crippen LogP contribution is 2.23. The maximum Gasteiger partial charge on any atom is -0.0260 e. The van der Waals surface area contributed by atoms with Crippen LogP contribution in [-0.2, 0) is 11.8 Å². The first-order valence-corrected chi connectivity index (χ1v) is 7.37. The lowest BCUT2D eigenvalue weighted by Gasteiger charge is -2.00. The van der Waals surface area contributed by atoms with Gasteiger partial charge in [-0.15, -0.1) is 11.8 Å². The highest BCUT2D eigenvalue weighted by atomic mass is 32.4. The van der Waals surface area contributed by atoms with Crippen LogP contribution < -0.4 is 0 Å². The molecule has 0 aromatic rings. The van der Waals surface area contributed by atoms with Gasteiger partial charge in [0.15, 0.2) is 0 Å². The summed E-state index contributed by atoms with van der Waals surface area (Å²) in [6, 6.07) is 0. The van der Waals surface area contributed by atoms with E-state index in [2.05, 4.69) is 13.8 Å². The van der Waals surface area contributed by atoms with Crippen LogP contribution in [0.2, 0.25) is 0 Å². The second-order valence-corrected chi connectivity index (χ2v) is 6.56. The second kappa shape index (κ2) is 7.75. The predicted octanol–water partition coefficient (Wildman–Crippen LogP) is 3.26. The van der Waals surface area contributed by atoms with Gasteiger partial charge in [0.05, 0.1) is 0 Å². The zero-order chi connectivity index (χ0) is 7.82. The van der Waals surface area contributed by atoms with Gasteiger partial charge in [-0.1, -0.05) is 33.4 Å². The van der Waals surface area contributed by atoms with Crippen molar-refractivity contribution in [2.24, 2.45) is 0 Å². The van der Waals surface area contributed by atoms with Crippen LogP contribution in [0.1, 0.15) is 39.5 Å². The summed E-state index contributed by atoms with van der Waals surface area (Å²) >= 11 is 5.37. The average molecular weight is 178 g/mol. The Bertz CT molecular complexity index is 81.3. The molecular formula is C8H19PS. The molecule has 2 heteroatoms. The standard InChI is InChI=1S/C8H19PS/c1-3-5-7-9(10)8-6-4-2/h9H,3-8H2,1-2H3. The molecular weight excluding hydrogens is 159 g/mol. The third-order valence-electron chi connectivity index (χ3n) is 1.62. The molecule has 0 unspecified atom stereocenters. The molecule has 0 atom stereocenters. The van der Waals surface area contributed by atoms with Gasteiger partial charge in [0.2, 0.25) is 0 Å². The Kier molecular flexibility index (Phi) is 8.26. The Morgan fingerprint density at radius 2 is 1.40 bits per heavy atom. The van der Waals surface area contributed by atoms with E-state index >= 15 is 0 Å². The fourth-order valence-corrected chi connectivity index (χ4v) is 3.48. The van der Waals surface area contributed by atoms with Crippen molar-refractivity contribution >= 4 is 18.5 Å². The van der Waals surface area contributed by atoms with Crippen LogP contribution in [-0.4, -0.2) is 12.3 Å². The van der Waals surface area contributed by atoms with E-state index in [1.54, 1.807) is 0 Å². The van der Waals surface area contributed by atoms with E-state index in [1.807, 2.05) is 0 Å². The maximum atomic E-state index is 5.37. The van der Waals surface area contributed by atoms with Crippen LogP contribution >= 0.6 is 6.70 Å². The van der Waals surface area contributed by atoms with Gasteiger partial charge in [-0.3, -0.25) is 0 Å². The molecule has 0 bridgehead atoms. The fourth-order valence-electron chi connectivity index (χ4n) is 0.873. The van der Waals surface area contributed by atoms with E-state index in [9.17, 15) is 0 Å². The van der Waals surface area contributed by atoms with Crippen molar-refractivity contribution in [3.8, 4) is 0 Å². The molecule has 0 spiro atoms. The molecule has 0 nitrogen and oxygen atoms in total. The Hall–Kier alpha value is 0.650. The molecule has 0 aliphatic carbocycles. The van der Waals surface area contributed by atoms with Crippen LogP contribution in [0.25, 0.3) is 0 Å². The summed E-state index contributed by atoms with van der Waals surface area (Å²) < 4.78 is 0. The minimum atomic E-state index is -0.332. The smallest absolute Gasteiger partial charge is 0.0260 e. The summed E-state index contributed by atoms with van der Waals surface area (Å²) in [6.45, 7) is 4.15. The zero-order valence-corrected chi connectivity index (χ0v) is 8.97. The first-order valence-electron chi connectivity index (χ1n) is 4.33. The largest absolute Gasteiger partial charge is 0.101 e. The summed E-state index contributed by atoms with van der Waals surface area (Å²) in [5.74, 6) is 0. The SMILES string of the molecule is CCCC[PH](=S)CCCC. The normalized spacial score (nSPS) is 10.7. The van der Waals surface area contributed by atoms with Gasteiger partial charge in [-0.25, -0.2) is 0 Å². The maximum absolute atomic E-state index is 5.37. The Labute approximate surface area is 70.8 Å². The minimum absolute atomic E-state index is 0.332. The summed E-state index contributed by atoms with van der Waals surface area (Å²) in [6.07, 6.45) is 8.07. The van der Waals surface area contributed by atoms with E-state index < -0.39 is 0 Å². The molecule has 62 valence electrons. The number of unbranched alkanes of at least 4 members (excludes halogenated alkanes) is 2. The third-order valence-corrected chi connectivity index (χ3v) is 4.67. The van der Waals surface area contributed by atoms with Crippen molar-refractivity contribution in [1.29, 1.82) is 0 Å².